The van der Waals surface area contributed by atoms with Crippen LogP contribution in [0.2, 0.25) is 0 Å². The summed E-state index contributed by atoms with van der Waals surface area (Å²) in [5.74, 6) is 0. The summed E-state index contributed by atoms with van der Waals surface area (Å²) >= 11 is 0. The molecule has 1 N–H and O–H groups in total. The summed E-state index contributed by atoms with van der Waals surface area (Å²) in [6.45, 7) is 4.00. The Kier molecular flexibility index (Phi) is 22.4. The zero-order valence-electron chi connectivity index (χ0n) is 18.3. The largest absolute Gasteiger partial charge is 1.00 e. The SMILES string of the molecule is CCCCCCCCCCCCCC(CCCCCC(C)O)S(=O)(=O)[O-].[Na+]. The van der Waals surface area contributed by atoms with Gasteiger partial charge in [0.25, 0.3) is 0 Å². The van der Waals surface area contributed by atoms with Crippen LogP contribution in [0.25, 0.3) is 0 Å². The molecular weight excluding hydrogens is 371 g/mol. The summed E-state index contributed by atoms with van der Waals surface area (Å²) in [6, 6.07) is 0. The second-order valence-corrected chi connectivity index (χ2v) is 9.58. The van der Waals surface area contributed by atoms with Gasteiger partial charge in [0.05, 0.1) is 16.2 Å². The molecule has 0 aliphatic heterocycles. The van der Waals surface area contributed by atoms with Crippen molar-refractivity contribution < 1.29 is 47.6 Å². The van der Waals surface area contributed by atoms with E-state index in [4.69, 9.17) is 0 Å². The quantitative estimate of drug-likeness (QED) is 0.200. The Morgan fingerprint density at radius 1 is 0.704 bits per heavy atom. The Hall–Kier alpha value is 0.870. The van der Waals surface area contributed by atoms with Crippen LogP contribution >= 0.6 is 0 Å². The second kappa shape index (κ2) is 20.2. The summed E-state index contributed by atoms with van der Waals surface area (Å²) in [7, 11) is -4.18. The van der Waals surface area contributed by atoms with Crippen molar-refractivity contribution in [2.45, 2.75) is 134 Å². The van der Waals surface area contributed by atoms with Gasteiger partial charge in [-0.1, -0.05) is 96.8 Å². The first-order valence-electron chi connectivity index (χ1n) is 11.0. The molecule has 0 saturated heterocycles. The van der Waals surface area contributed by atoms with Gasteiger partial charge < -0.3 is 9.66 Å². The number of hydrogen-bond acceptors (Lipinski definition) is 4. The van der Waals surface area contributed by atoms with Crippen LogP contribution in [-0.2, 0) is 10.1 Å². The number of aliphatic hydroxyl groups excluding tert-OH is 1. The van der Waals surface area contributed by atoms with Crippen LogP contribution in [0, 0.1) is 0 Å². The molecule has 2 atom stereocenters. The van der Waals surface area contributed by atoms with Gasteiger partial charge >= 0.3 is 29.6 Å². The first-order chi connectivity index (χ1) is 12.4. The summed E-state index contributed by atoms with van der Waals surface area (Å²) < 4.78 is 34.3. The number of hydrogen-bond donors (Lipinski definition) is 1. The molecule has 0 aromatic carbocycles. The zero-order chi connectivity index (χ0) is 19.7. The van der Waals surface area contributed by atoms with Crippen molar-refractivity contribution in [1.82, 2.24) is 0 Å². The van der Waals surface area contributed by atoms with Crippen LogP contribution in [0.4, 0.5) is 0 Å². The maximum Gasteiger partial charge on any atom is 1.00 e. The van der Waals surface area contributed by atoms with Crippen molar-refractivity contribution >= 4 is 10.1 Å². The normalized spacial score (nSPS) is 13.9. The fourth-order valence-corrected chi connectivity index (χ4v) is 4.37. The molecule has 4 nitrogen and oxygen atoms in total. The van der Waals surface area contributed by atoms with Gasteiger partial charge in [0, 0.05) is 5.25 Å². The second-order valence-electron chi connectivity index (χ2n) is 7.93. The number of unbranched alkanes of at least 4 members (excludes halogenated alkanes) is 12. The Morgan fingerprint density at radius 3 is 1.41 bits per heavy atom. The molecule has 0 amide bonds. The minimum atomic E-state index is -4.18. The van der Waals surface area contributed by atoms with Crippen molar-refractivity contribution in [2.24, 2.45) is 0 Å². The third kappa shape index (κ3) is 21.4. The van der Waals surface area contributed by atoms with Gasteiger partial charge in [-0.2, -0.15) is 0 Å². The molecule has 0 aromatic rings. The molecule has 0 bridgehead atoms. The van der Waals surface area contributed by atoms with Gasteiger partial charge in [0.1, 0.15) is 0 Å². The van der Waals surface area contributed by atoms with Crippen LogP contribution in [0.15, 0.2) is 0 Å². The van der Waals surface area contributed by atoms with E-state index in [9.17, 15) is 18.1 Å². The first-order valence-corrected chi connectivity index (χ1v) is 12.5. The third-order valence-corrected chi connectivity index (χ3v) is 6.47. The predicted octanol–water partition coefficient (Wildman–Crippen LogP) is 2.94. The van der Waals surface area contributed by atoms with Gasteiger partial charge in [-0.05, 0) is 26.2 Å². The molecule has 0 saturated carbocycles. The molecule has 0 heterocycles. The molecule has 0 radical (unpaired) electrons. The summed E-state index contributed by atoms with van der Waals surface area (Å²) in [6.07, 6.45) is 17.5. The molecule has 0 aliphatic carbocycles. The van der Waals surface area contributed by atoms with E-state index in [1.54, 1.807) is 6.92 Å². The molecular formula is C21H43NaO4S. The van der Waals surface area contributed by atoms with Crippen molar-refractivity contribution in [2.75, 3.05) is 0 Å². The van der Waals surface area contributed by atoms with Crippen LogP contribution in [-0.4, -0.2) is 29.4 Å². The molecule has 0 aliphatic rings. The zero-order valence-corrected chi connectivity index (χ0v) is 21.1. The van der Waals surface area contributed by atoms with Gasteiger partial charge in [-0.3, -0.25) is 0 Å². The van der Waals surface area contributed by atoms with Crippen molar-refractivity contribution in [3.8, 4) is 0 Å². The summed E-state index contributed by atoms with van der Waals surface area (Å²) in [5.41, 5.74) is 0. The van der Waals surface area contributed by atoms with Gasteiger partial charge in [-0.25, -0.2) is 8.42 Å². The smallest absolute Gasteiger partial charge is 0.748 e. The van der Waals surface area contributed by atoms with E-state index < -0.39 is 15.4 Å². The van der Waals surface area contributed by atoms with E-state index >= 15 is 0 Å². The van der Waals surface area contributed by atoms with Gasteiger partial charge in [-0.15, -0.1) is 0 Å². The molecule has 158 valence electrons. The standard InChI is InChI=1S/C21H44O4S.Na/c1-3-4-5-6-7-8-9-10-11-12-15-18-21(26(23,24)25)19-16-13-14-17-20(2)22;/h20-22H,3-19H2,1-2H3,(H,23,24,25);/q;+1/p-1. The monoisotopic (exact) mass is 414 g/mol. The van der Waals surface area contributed by atoms with Crippen molar-refractivity contribution in [3.63, 3.8) is 0 Å². The van der Waals surface area contributed by atoms with E-state index in [0.717, 1.165) is 44.9 Å². The molecule has 27 heavy (non-hydrogen) atoms. The van der Waals surface area contributed by atoms with E-state index in [1.165, 1.54) is 51.4 Å². The number of rotatable bonds is 19. The third-order valence-electron chi connectivity index (χ3n) is 5.19. The molecule has 0 fully saturated rings. The Morgan fingerprint density at radius 2 is 1.04 bits per heavy atom. The molecule has 0 aromatic heterocycles. The Balaban J connectivity index is 0. The van der Waals surface area contributed by atoms with Crippen molar-refractivity contribution in [3.05, 3.63) is 0 Å². The predicted molar refractivity (Wildman–Crippen MR) is 109 cm³/mol. The van der Waals surface area contributed by atoms with Crippen LogP contribution in [0.5, 0.6) is 0 Å². The van der Waals surface area contributed by atoms with Gasteiger partial charge in [0.15, 0.2) is 0 Å². The molecule has 0 spiro atoms. The number of aliphatic hydroxyl groups is 1. The maximum atomic E-state index is 11.4. The summed E-state index contributed by atoms with van der Waals surface area (Å²) in [4.78, 5) is 0. The molecule has 2 unspecified atom stereocenters. The average molecular weight is 415 g/mol. The average Bonchev–Trinajstić information content (AvgIpc) is 2.56. The minimum Gasteiger partial charge on any atom is -0.748 e. The fourth-order valence-electron chi connectivity index (χ4n) is 3.46. The Labute approximate surface area is 191 Å². The first kappa shape index (κ1) is 30.1. The van der Waals surface area contributed by atoms with Gasteiger partial charge in [0.2, 0.25) is 0 Å². The van der Waals surface area contributed by atoms with Crippen molar-refractivity contribution in [1.29, 1.82) is 0 Å². The summed E-state index contributed by atoms with van der Waals surface area (Å²) in [5, 5.41) is 8.50. The fraction of sp³-hybridized carbons (Fsp3) is 1.00. The maximum absolute atomic E-state index is 11.4. The van der Waals surface area contributed by atoms with E-state index in [2.05, 4.69) is 6.92 Å². The van der Waals surface area contributed by atoms with E-state index in [-0.39, 0.29) is 35.7 Å². The van der Waals surface area contributed by atoms with Crippen LogP contribution in [0.1, 0.15) is 123 Å². The van der Waals surface area contributed by atoms with Crippen LogP contribution < -0.4 is 29.6 Å². The van der Waals surface area contributed by atoms with Crippen LogP contribution in [0.3, 0.4) is 0 Å². The minimum absolute atomic E-state index is 0. The molecule has 6 heteroatoms. The van der Waals surface area contributed by atoms with E-state index in [1.807, 2.05) is 0 Å². The molecule has 0 rings (SSSR count). The Bertz CT molecular complexity index is 399. The van der Waals surface area contributed by atoms with E-state index in [0.29, 0.717) is 12.8 Å². The topological polar surface area (TPSA) is 77.4 Å².